The largest absolute Gasteiger partial charge is 0.465 e. The predicted molar refractivity (Wildman–Crippen MR) is 72.4 cm³/mol. The molecule has 9 heteroatoms. The van der Waals surface area contributed by atoms with E-state index in [0.717, 1.165) is 12.1 Å². The maximum atomic E-state index is 12.7. The highest BCUT2D eigenvalue weighted by atomic mass is 19.4. The molecule has 0 aliphatic rings. The van der Waals surface area contributed by atoms with Crippen LogP contribution in [0.5, 0.6) is 0 Å². The van der Waals surface area contributed by atoms with Crippen molar-refractivity contribution in [3.8, 4) is 0 Å². The van der Waals surface area contributed by atoms with Crippen LogP contribution < -0.4 is 16.0 Å². The quantitative estimate of drug-likeness (QED) is 0.671. The van der Waals surface area contributed by atoms with Crippen LogP contribution in [0, 0.1) is 0 Å². The van der Waals surface area contributed by atoms with Crippen LogP contribution in [0.1, 0.15) is 24.1 Å². The van der Waals surface area contributed by atoms with E-state index in [4.69, 9.17) is 5.11 Å². The van der Waals surface area contributed by atoms with Gasteiger partial charge in [0.05, 0.1) is 11.6 Å². The first-order valence-electron chi connectivity index (χ1n) is 6.42. The van der Waals surface area contributed by atoms with Crippen molar-refractivity contribution in [1.82, 2.24) is 16.0 Å². The second kappa shape index (κ2) is 7.53. The first kappa shape index (κ1) is 17.6. The zero-order valence-electron chi connectivity index (χ0n) is 11.7. The minimum absolute atomic E-state index is 0.106. The number of carbonyl (C=O) groups excluding carboxylic acids is 1. The van der Waals surface area contributed by atoms with Gasteiger partial charge in [-0.05, 0) is 24.6 Å². The summed E-state index contributed by atoms with van der Waals surface area (Å²) in [6.07, 6.45) is -5.93. The molecule has 122 valence electrons. The van der Waals surface area contributed by atoms with E-state index in [1.807, 2.05) is 0 Å². The van der Waals surface area contributed by atoms with Crippen molar-refractivity contribution in [3.05, 3.63) is 35.4 Å². The van der Waals surface area contributed by atoms with E-state index in [-0.39, 0.29) is 12.1 Å². The van der Waals surface area contributed by atoms with Crippen molar-refractivity contribution in [3.63, 3.8) is 0 Å². The van der Waals surface area contributed by atoms with Crippen LogP contribution >= 0.6 is 0 Å². The van der Waals surface area contributed by atoms with Gasteiger partial charge in [0, 0.05) is 13.1 Å². The SMILES string of the molecule is CCNC(=O)NCC(NC(=O)O)c1cccc(C(F)(F)F)c1. The summed E-state index contributed by atoms with van der Waals surface area (Å²) in [7, 11) is 0. The molecule has 3 amide bonds. The van der Waals surface area contributed by atoms with Crippen molar-refractivity contribution in [2.24, 2.45) is 0 Å². The van der Waals surface area contributed by atoms with E-state index in [2.05, 4.69) is 16.0 Å². The molecule has 6 nitrogen and oxygen atoms in total. The highest BCUT2D eigenvalue weighted by molar-refractivity contribution is 5.74. The number of benzene rings is 1. The minimum Gasteiger partial charge on any atom is -0.465 e. The standard InChI is InChI=1S/C13H16F3N3O3/c1-2-17-11(20)18-7-10(19-12(21)22)8-4-3-5-9(6-8)13(14,15)16/h3-6,10,19H,2,7H2,1H3,(H,21,22)(H2,17,18,20). The van der Waals surface area contributed by atoms with Crippen LogP contribution in [0.2, 0.25) is 0 Å². The van der Waals surface area contributed by atoms with Crippen molar-refractivity contribution in [2.75, 3.05) is 13.1 Å². The molecule has 0 radical (unpaired) electrons. The lowest BCUT2D eigenvalue weighted by atomic mass is 10.0. The molecule has 0 saturated carbocycles. The summed E-state index contributed by atoms with van der Waals surface area (Å²) in [5, 5.41) is 15.7. The molecule has 0 aliphatic heterocycles. The maximum absolute atomic E-state index is 12.7. The molecule has 0 spiro atoms. The lowest BCUT2D eigenvalue weighted by molar-refractivity contribution is -0.137. The Kier molecular flexibility index (Phi) is 6.02. The number of urea groups is 1. The fourth-order valence-electron chi connectivity index (χ4n) is 1.75. The van der Waals surface area contributed by atoms with E-state index in [1.165, 1.54) is 12.1 Å². The first-order chi connectivity index (χ1) is 10.2. The third-order valence-electron chi connectivity index (χ3n) is 2.72. The number of halogens is 3. The van der Waals surface area contributed by atoms with Gasteiger partial charge >= 0.3 is 18.3 Å². The van der Waals surface area contributed by atoms with Crippen molar-refractivity contribution < 1.29 is 27.9 Å². The van der Waals surface area contributed by atoms with Crippen LogP contribution in [0.15, 0.2) is 24.3 Å². The molecule has 0 aliphatic carbocycles. The zero-order chi connectivity index (χ0) is 16.8. The molecule has 1 rings (SSSR count). The summed E-state index contributed by atoms with van der Waals surface area (Å²) < 4.78 is 38.1. The van der Waals surface area contributed by atoms with Crippen LogP contribution in [-0.4, -0.2) is 30.3 Å². The Hall–Kier alpha value is -2.45. The molecule has 0 heterocycles. The Balaban J connectivity index is 2.92. The number of hydrogen-bond acceptors (Lipinski definition) is 2. The van der Waals surface area contributed by atoms with Gasteiger partial charge in [-0.25, -0.2) is 9.59 Å². The number of carboxylic acid groups (broad SMARTS) is 1. The fraction of sp³-hybridized carbons (Fsp3) is 0.385. The molecule has 0 saturated heterocycles. The van der Waals surface area contributed by atoms with E-state index in [0.29, 0.717) is 6.54 Å². The van der Waals surface area contributed by atoms with Crippen LogP contribution in [0.4, 0.5) is 22.8 Å². The smallest absolute Gasteiger partial charge is 0.416 e. The highest BCUT2D eigenvalue weighted by Gasteiger charge is 2.31. The Bertz CT molecular complexity index is 535. The van der Waals surface area contributed by atoms with Crippen molar-refractivity contribution in [2.45, 2.75) is 19.1 Å². The molecule has 0 bridgehead atoms. The van der Waals surface area contributed by atoms with E-state index < -0.39 is 29.9 Å². The topological polar surface area (TPSA) is 90.5 Å². The second-order valence-electron chi connectivity index (χ2n) is 4.37. The summed E-state index contributed by atoms with van der Waals surface area (Å²) in [6, 6.07) is 2.74. The van der Waals surface area contributed by atoms with Crippen molar-refractivity contribution >= 4 is 12.1 Å². The minimum atomic E-state index is -4.53. The van der Waals surface area contributed by atoms with Gasteiger partial charge in [0.2, 0.25) is 0 Å². The van der Waals surface area contributed by atoms with Gasteiger partial charge in [-0.2, -0.15) is 13.2 Å². The Morgan fingerprint density at radius 3 is 2.50 bits per heavy atom. The lowest BCUT2D eigenvalue weighted by Crippen LogP contribution is -2.41. The molecule has 1 aromatic rings. The van der Waals surface area contributed by atoms with Gasteiger partial charge in [0.15, 0.2) is 0 Å². The van der Waals surface area contributed by atoms with E-state index >= 15 is 0 Å². The molecule has 22 heavy (non-hydrogen) atoms. The number of rotatable bonds is 5. The molecule has 0 aromatic heterocycles. The molecular formula is C13H16F3N3O3. The molecule has 4 N–H and O–H groups in total. The molecule has 1 atom stereocenters. The number of nitrogens with one attached hydrogen (secondary N) is 3. The molecule has 1 unspecified atom stereocenters. The van der Waals surface area contributed by atoms with Crippen LogP contribution in [0.25, 0.3) is 0 Å². The third kappa shape index (κ3) is 5.51. The number of carbonyl (C=O) groups is 2. The molecule has 0 fully saturated rings. The zero-order valence-corrected chi connectivity index (χ0v) is 11.7. The van der Waals surface area contributed by atoms with Crippen molar-refractivity contribution in [1.29, 1.82) is 0 Å². The second-order valence-corrected chi connectivity index (χ2v) is 4.37. The van der Waals surface area contributed by atoms with Gasteiger partial charge < -0.3 is 21.1 Å². The van der Waals surface area contributed by atoms with E-state index in [9.17, 15) is 22.8 Å². The molecule has 1 aromatic carbocycles. The van der Waals surface area contributed by atoms with Gasteiger partial charge in [-0.3, -0.25) is 0 Å². The Morgan fingerprint density at radius 2 is 1.95 bits per heavy atom. The van der Waals surface area contributed by atoms with Gasteiger partial charge in [-0.15, -0.1) is 0 Å². The summed E-state index contributed by atoms with van der Waals surface area (Å²) in [5.41, 5.74) is -0.783. The van der Waals surface area contributed by atoms with Gasteiger partial charge in [-0.1, -0.05) is 12.1 Å². The lowest BCUT2D eigenvalue weighted by Gasteiger charge is -2.19. The summed E-state index contributed by atoms with van der Waals surface area (Å²) in [5.74, 6) is 0. The number of hydrogen-bond donors (Lipinski definition) is 4. The molecular weight excluding hydrogens is 303 g/mol. The van der Waals surface area contributed by atoms with Crippen LogP contribution in [0.3, 0.4) is 0 Å². The maximum Gasteiger partial charge on any atom is 0.416 e. The number of amides is 3. The average molecular weight is 319 g/mol. The van der Waals surface area contributed by atoms with Crippen LogP contribution in [-0.2, 0) is 6.18 Å². The predicted octanol–water partition coefficient (Wildman–Crippen LogP) is 2.33. The third-order valence-corrected chi connectivity index (χ3v) is 2.72. The van der Waals surface area contributed by atoms with Gasteiger partial charge in [0.1, 0.15) is 0 Å². The van der Waals surface area contributed by atoms with Gasteiger partial charge in [0.25, 0.3) is 0 Å². The summed E-state index contributed by atoms with van der Waals surface area (Å²) in [4.78, 5) is 22.1. The van der Waals surface area contributed by atoms with E-state index in [1.54, 1.807) is 6.92 Å². The highest BCUT2D eigenvalue weighted by Crippen LogP contribution is 2.30. The summed E-state index contributed by atoms with van der Waals surface area (Å²) >= 11 is 0. The number of alkyl halides is 3. The Morgan fingerprint density at radius 1 is 1.27 bits per heavy atom. The fourth-order valence-corrected chi connectivity index (χ4v) is 1.75. The average Bonchev–Trinajstić information content (AvgIpc) is 2.42. The summed E-state index contributed by atoms with van der Waals surface area (Å²) in [6.45, 7) is 1.88. The monoisotopic (exact) mass is 319 g/mol. The first-order valence-corrected chi connectivity index (χ1v) is 6.42. The normalized spacial score (nSPS) is 12.4. The Labute approximate surface area is 124 Å².